The summed E-state index contributed by atoms with van der Waals surface area (Å²) < 4.78 is 0. The Morgan fingerprint density at radius 3 is 2.22 bits per heavy atom. The van der Waals surface area contributed by atoms with Crippen LogP contribution in [0.15, 0.2) is 5.10 Å². The molecule has 1 rings (SSSR count). The largest absolute Gasteiger partial charge is 0.304 e. The smallest absolute Gasteiger partial charge is 0.0570 e. The maximum atomic E-state index is 4.14. The van der Waals surface area contributed by atoms with Gasteiger partial charge in [0.2, 0.25) is 0 Å². The summed E-state index contributed by atoms with van der Waals surface area (Å²) in [5, 5.41) is 4.14. The molecule has 2 nitrogen and oxygen atoms in total. The van der Waals surface area contributed by atoms with Crippen molar-refractivity contribution in [3.63, 3.8) is 0 Å². The van der Waals surface area contributed by atoms with Gasteiger partial charge in [-0.1, -0.05) is 6.92 Å². The molecule has 0 bridgehead atoms. The molecule has 0 saturated carbocycles. The zero-order valence-electron chi connectivity index (χ0n) is 6.52. The van der Waals surface area contributed by atoms with Crippen LogP contribution < -0.4 is 5.43 Å². The lowest BCUT2D eigenvalue weighted by atomic mass is 9.88. The van der Waals surface area contributed by atoms with E-state index in [9.17, 15) is 0 Å². The van der Waals surface area contributed by atoms with E-state index in [2.05, 4.69) is 38.2 Å². The van der Waals surface area contributed by atoms with Crippen molar-refractivity contribution in [2.24, 2.45) is 11.0 Å². The quantitative estimate of drug-likeness (QED) is 0.521. The van der Waals surface area contributed by atoms with Gasteiger partial charge in [0.1, 0.15) is 0 Å². The third-order valence-corrected chi connectivity index (χ3v) is 2.23. The fraction of sp³-hybridized carbons (Fsp3) is 0.857. The first-order valence-electron chi connectivity index (χ1n) is 3.35. The van der Waals surface area contributed by atoms with Crippen molar-refractivity contribution in [3.8, 4) is 0 Å². The summed E-state index contributed by atoms with van der Waals surface area (Å²) >= 11 is 0. The first kappa shape index (κ1) is 6.59. The van der Waals surface area contributed by atoms with E-state index in [0.717, 1.165) is 0 Å². The SMILES string of the molecule is CC1=NNC(C)(C)C1C. The van der Waals surface area contributed by atoms with Gasteiger partial charge in [-0.05, 0) is 20.8 Å². The van der Waals surface area contributed by atoms with E-state index in [-0.39, 0.29) is 5.54 Å². The van der Waals surface area contributed by atoms with Crippen LogP contribution in [0.5, 0.6) is 0 Å². The van der Waals surface area contributed by atoms with Gasteiger partial charge in [-0.2, -0.15) is 5.10 Å². The lowest BCUT2D eigenvalue weighted by Gasteiger charge is -2.22. The molecule has 1 unspecified atom stereocenters. The topological polar surface area (TPSA) is 24.4 Å². The average Bonchev–Trinajstić information content (AvgIpc) is 1.97. The van der Waals surface area contributed by atoms with Gasteiger partial charge in [0.05, 0.1) is 5.54 Å². The molecule has 0 fully saturated rings. The van der Waals surface area contributed by atoms with Crippen LogP contribution in [-0.4, -0.2) is 11.3 Å². The molecule has 9 heavy (non-hydrogen) atoms. The Labute approximate surface area is 56.3 Å². The Morgan fingerprint density at radius 1 is 1.56 bits per heavy atom. The first-order chi connectivity index (χ1) is 4.04. The van der Waals surface area contributed by atoms with Crippen molar-refractivity contribution in [2.45, 2.75) is 33.2 Å². The van der Waals surface area contributed by atoms with Gasteiger partial charge in [-0.3, -0.25) is 0 Å². The van der Waals surface area contributed by atoms with E-state index in [4.69, 9.17) is 0 Å². The number of rotatable bonds is 0. The van der Waals surface area contributed by atoms with Gasteiger partial charge < -0.3 is 5.43 Å². The van der Waals surface area contributed by atoms with Crippen LogP contribution in [-0.2, 0) is 0 Å². The Balaban J connectivity index is 2.73. The summed E-state index contributed by atoms with van der Waals surface area (Å²) in [5.41, 5.74) is 4.46. The molecule has 1 aliphatic rings. The van der Waals surface area contributed by atoms with Crippen LogP contribution in [0, 0.1) is 5.92 Å². The number of nitrogens with one attached hydrogen (secondary N) is 1. The van der Waals surface area contributed by atoms with Gasteiger partial charge in [-0.15, -0.1) is 0 Å². The summed E-state index contributed by atoms with van der Waals surface area (Å²) in [5.74, 6) is 0.567. The van der Waals surface area contributed by atoms with Crippen LogP contribution in [0.3, 0.4) is 0 Å². The monoisotopic (exact) mass is 126 g/mol. The van der Waals surface area contributed by atoms with E-state index in [1.165, 1.54) is 5.71 Å². The third-order valence-electron chi connectivity index (χ3n) is 2.23. The number of hydrogen-bond acceptors (Lipinski definition) is 2. The second-order valence-electron chi connectivity index (χ2n) is 3.31. The van der Waals surface area contributed by atoms with Gasteiger partial charge in [0.15, 0.2) is 0 Å². The summed E-state index contributed by atoms with van der Waals surface area (Å²) in [6.45, 7) is 8.58. The van der Waals surface area contributed by atoms with E-state index >= 15 is 0 Å². The first-order valence-corrected chi connectivity index (χ1v) is 3.35. The second-order valence-corrected chi connectivity index (χ2v) is 3.31. The molecule has 1 atom stereocenters. The standard InChI is InChI=1S/C7H14N2/c1-5-6(2)8-9-7(5,3)4/h5,9H,1-4H3. The summed E-state index contributed by atoms with van der Waals surface area (Å²) in [4.78, 5) is 0. The Kier molecular flexibility index (Phi) is 1.26. The molecule has 0 aromatic heterocycles. The van der Waals surface area contributed by atoms with E-state index in [0.29, 0.717) is 5.92 Å². The minimum absolute atomic E-state index is 0.171. The van der Waals surface area contributed by atoms with Crippen molar-refractivity contribution in [1.29, 1.82) is 0 Å². The molecule has 52 valence electrons. The summed E-state index contributed by atoms with van der Waals surface area (Å²) in [6, 6.07) is 0. The van der Waals surface area contributed by atoms with E-state index in [1.807, 2.05) is 0 Å². The summed E-state index contributed by atoms with van der Waals surface area (Å²) in [6.07, 6.45) is 0. The normalized spacial score (nSPS) is 31.6. The van der Waals surface area contributed by atoms with Gasteiger partial charge in [0.25, 0.3) is 0 Å². The van der Waals surface area contributed by atoms with Crippen LogP contribution in [0.1, 0.15) is 27.7 Å². The minimum Gasteiger partial charge on any atom is -0.304 e. The van der Waals surface area contributed by atoms with Crippen LogP contribution >= 0.6 is 0 Å². The van der Waals surface area contributed by atoms with Crippen molar-refractivity contribution >= 4 is 5.71 Å². The zero-order valence-corrected chi connectivity index (χ0v) is 6.52. The Morgan fingerprint density at radius 2 is 2.11 bits per heavy atom. The maximum Gasteiger partial charge on any atom is 0.0570 e. The molecule has 0 aromatic rings. The molecular formula is C7H14N2. The van der Waals surface area contributed by atoms with Crippen molar-refractivity contribution < 1.29 is 0 Å². The minimum atomic E-state index is 0.171. The van der Waals surface area contributed by atoms with Crippen molar-refractivity contribution in [1.82, 2.24) is 5.43 Å². The second kappa shape index (κ2) is 1.72. The lowest BCUT2D eigenvalue weighted by molar-refractivity contribution is 0.369. The van der Waals surface area contributed by atoms with Gasteiger partial charge in [0, 0.05) is 11.6 Å². The van der Waals surface area contributed by atoms with Crippen LogP contribution in [0.2, 0.25) is 0 Å². The molecule has 0 saturated heterocycles. The maximum absolute atomic E-state index is 4.14. The molecule has 0 radical (unpaired) electrons. The highest BCUT2D eigenvalue weighted by atomic mass is 15.4. The van der Waals surface area contributed by atoms with E-state index in [1.54, 1.807) is 0 Å². The molecule has 1 heterocycles. The fourth-order valence-electron chi connectivity index (χ4n) is 0.948. The predicted octanol–water partition coefficient (Wildman–Crippen LogP) is 1.38. The Bertz CT molecular complexity index is 147. The molecule has 0 aromatic carbocycles. The van der Waals surface area contributed by atoms with Gasteiger partial charge in [-0.25, -0.2) is 0 Å². The average molecular weight is 126 g/mol. The molecular weight excluding hydrogens is 112 g/mol. The highest BCUT2D eigenvalue weighted by molar-refractivity contribution is 5.86. The number of hydrogen-bond donors (Lipinski definition) is 1. The predicted molar refractivity (Wildman–Crippen MR) is 39.5 cm³/mol. The number of hydrazone groups is 1. The highest BCUT2D eigenvalue weighted by Crippen LogP contribution is 2.22. The van der Waals surface area contributed by atoms with Crippen LogP contribution in [0.4, 0.5) is 0 Å². The molecule has 0 amide bonds. The third kappa shape index (κ3) is 0.934. The molecule has 0 aliphatic carbocycles. The van der Waals surface area contributed by atoms with Gasteiger partial charge >= 0.3 is 0 Å². The zero-order chi connectivity index (χ0) is 7.07. The highest BCUT2D eigenvalue weighted by Gasteiger charge is 2.31. The lowest BCUT2D eigenvalue weighted by Crippen LogP contribution is -2.37. The van der Waals surface area contributed by atoms with Crippen molar-refractivity contribution in [2.75, 3.05) is 0 Å². The molecule has 1 N–H and O–H groups in total. The molecule has 0 spiro atoms. The van der Waals surface area contributed by atoms with Crippen molar-refractivity contribution in [3.05, 3.63) is 0 Å². The fourth-order valence-corrected chi connectivity index (χ4v) is 0.948. The number of nitrogens with zero attached hydrogens (tertiary/aromatic N) is 1. The molecule has 1 aliphatic heterocycles. The summed E-state index contributed by atoms with van der Waals surface area (Å²) in [7, 11) is 0. The van der Waals surface area contributed by atoms with E-state index < -0.39 is 0 Å². The Hall–Kier alpha value is -0.530. The molecule has 2 heteroatoms. The van der Waals surface area contributed by atoms with Crippen LogP contribution in [0.25, 0.3) is 0 Å².